The number of carboxylic acids is 1. The number of aliphatic carboxylic acids is 1. The molecule has 138 valence electrons. The number of hydrogen-bond donors (Lipinski definition) is 2. The van der Waals surface area contributed by atoms with E-state index in [1.165, 1.54) is 0 Å². The van der Waals surface area contributed by atoms with Crippen molar-refractivity contribution in [3.05, 3.63) is 12.0 Å². The standard InChI is InChI=1S/C17H26N4O4/c22-15(23)6-11-25-14-12-21(13-4-7-18-8-5-13)16(19-14)17(24)20-9-2-1-3-10-20/h12-13,18H,1-11H2,(H,22,23). The number of nitrogens with one attached hydrogen (secondary N) is 1. The van der Waals surface area contributed by atoms with Crippen LogP contribution in [0.25, 0.3) is 0 Å². The zero-order valence-electron chi connectivity index (χ0n) is 14.4. The van der Waals surface area contributed by atoms with Gasteiger partial charge in [-0.15, -0.1) is 0 Å². The summed E-state index contributed by atoms with van der Waals surface area (Å²) in [6.45, 7) is 3.42. The third-order valence-electron chi connectivity index (χ3n) is 4.81. The lowest BCUT2D eigenvalue weighted by Crippen LogP contribution is -2.38. The predicted octanol–water partition coefficient (Wildman–Crippen LogP) is 1.29. The van der Waals surface area contributed by atoms with Crippen molar-refractivity contribution in [3.8, 4) is 5.88 Å². The number of carbonyl (C=O) groups is 2. The van der Waals surface area contributed by atoms with Crippen molar-refractivity contribution < 1.29 is 19.4 Å². The summed E-state index contributed by atoms with van der Waals surface area (Å²) in [4.78, 5) is 29.8. The summed E-state index contributed by atoms with van der Waals surface area (Å²) in [5.74, 6) is -0.215. The van der Waals surface area contributed by atoms with E-state index < -0.39 is 5.97 Å². The molecule has 8 nitrogen and oxygen atoms in total. The van der Waals surface area contributed by atoms with Crippen LogP contribution in [0.5, 0.6) is 5.88 Å². The highest BCUT2D eigenvalue weighted by Gasteiger charge is 2.27. The fourth-order valence-electron chi connectivity index (χ4n) is 3.44. The quantitative estimate of drug-likeness (QED) is 0.802. The van der Waals surface area contributed by atoms with Crippen LogP contribution in [-0.4, -0.2) is 64.2 Å². The number of likely N-dealkylation sites (tertiary alicyclic amines) is 1. The minimum Gasteiger partial charge on any atom is -0.481 e. The summed E-state index contributed by atoms with van der Waals surface area (Å²) >= 11 is 0. The van der Waals surface area contributed by atoms with Crippen molar-refractivity contribution in [3.63, 3.8) is 0 Å². The first-order valence-corrected chi connectivity index (χ1v) is 9.08. The molecule has 0 saturated carbocycles. The van der Waals surface area contributed by atoms with E-state index >= 15 is 0 Å². The second-order valence-corrected chi connectivity index (χ2v) is 6.64. The van der Waals surface area contributed by atoms with Crippen LogP contribution in [0, 0.1) is 0 Å². The van der Waals surface area contributed by atoms with Crippen molar-refractivity contribution in [1.29, 1.82) is 0 Å². The molecule has 3 rings (SSSR count). The second kappa shape index (κ2) is 8.33. The summed E-state index contributed by atoms with van der Waals surface area (Å²) in [5.41, 5.74) is 0. The van der Waals surface area contributed by atoms with Crippen molar-refractivity contribution in [2.24, 2.45) is 0 Å². The van der Waals surface area contributed by atoms with Gasteiger partial charge in [0, 0.05) is 19.1 Å². The van der Waals surface area contributed by atoms with Gasteiger partial charge >= 0.3 is 5.97 Å². The molecule has 2 fully saturated rings. The monoisotopic (exact) mass is 350 g/mol. The average molecular weight is 350 g/mol. The molecule has 0 atom stereocenters. The smallest absolute Gasteiger partial charge is 0.306 e. The SMILES string of the molecule is O=C(O)CCOc1cn(C2CCNCC2)c(C(=O)N2CCCCC2)n1. The molecule has 2 aliphatic rings. The van der Waals surface area contributed by atoms with Gasteiger partial charge in [-0.1, -0.05) is 0 Å². The van der Waals surface area contributed by atoms with E-state index in [-0.39, 0.29) is 25.0 Å². The van der Waals surface area contributed by atoms with E-state index in [2.05, 4.69) is 10.3 Å². The number of piperidine rings is 2. The van der Waals surface area contributed by atoms with Crippen LogP contribution in [0.3, 0.4) is 0 Å². The number of ether oxygens (including phenoxy) is 1. The lowest BCUT2D eigenvalue weighted by Gasteiger charge is -2.29. The van der Waals surface area contributed by atoms with Crippen molar-refractivity contribution in [2.45, 2.75) is 44.6 Å². The van der Waals surface area contributed by atoms with Gasteiger partial charge in [-0.25, -0.2) is 0 Å². The van der Waals surface area contributed by atoms with E-state index in [0.717, 1.165) is 58.3 Å². The van der Waals surface area contributed by atoms with E-state index in [1.54, 1.807) is 6.20 Å². The Morgan fingerprint density at radius 1 is 1.24 bits per heavy atom. The molecular weight excluding hydrogens is 324 g/mol. The van der Waals surface area contributed by atoms with Crippen molar-refractivity contribution in [2.75, 3.05) is 32.8 Å². The molecule has 1 aromatic heterocycles. The predicted molar refractivity (Wildman–Crippen MR) is 90.9 cm³/mol. The normalized spacial score (nSPS) is 19.0. The van der Waals surface area contributed by atoms with Gasteiger partial charge in [-0.2, -0.15) is 4.98 Å². The lowest BCUT2D eigenvalue weighted by molar-refractivity contribution is -0.137. The molecule has 0 aliphatic carbocycles. The molecule has 0 unspecified atom stereocenters. The van der Waals surface area contributed by atoms with Crippen LogP contribution >= 0.6 is 0 Å². The molecule has 25 heavy (non-hydrogen) atoms. The van der Waals surface area contributed by atoms with Crippen LogP contribution in [-0.2, 0) is 4.79 Å². The number of rotatable bonds is 6. The maximum atomic E-state index is 12.9. The van der Waals surface area contributed by atoms with Crippen LogP contribution in [0.4, 0.5) is 0 Å². The highest BCUT2D eigenvalue weighted by molar-refractivity contribution is 5.91. The van der Waals surface area contributed by atoms with E-state index in [4.69, 9.17) is 9.84 Å². The lowest BCUT2D eigenvalue weighted by atomic mass is 10.1. The van der Waals surface area contributed by atoms with Crippen LogP contribution in [0.1, 0.15) is 55.2 Å². The van der Waals surface area contributed by atoms with E-state index in [1.807, 2.05) is 9.47 Å². The largest absolute Gasteiger partial charge is 0.481 e. The Labute approximate surface area is 147 Å². The van der Waals surface area contributed by atoms with Crippen LogP contribution in [0.15, 0.2) is 6.20 Å². The third kappa shape index (κ3) is 4.50. The summed E-state index contributed by atoms with van der Waals surface area (Å²) in [5, 5.41) is 12.1. The number of carbonyl (C=O) groups excluding carboxylic acids is 1. The highest BCUT2D eigenvalue weighted by Crippen LogP contribution is 2.25. The Morgan fingerprint density at radius 2 is 1.96 bits per heavy atom. The fraction of sp³-hybridized carbons (Fsp3) is 0.706. The van der Waals surface area contributed by atoms with E-state index in [9.17, 15) is 9.59 Å². The van der Waals surface area contributed by atoms with Gasteiger partial charge in [0.2, 0.25) is 11.7 Å². The molecule has 2 aliphatic heterocycles. The number of imidazole rings is 1. The van der Waals surface area contributed by atoms with Crippen LogP contribution < -0.4 is 10.1 Å². The Balaban J connectivity index is 1.78. The summed E-state index contributed by atoms with van der Waals surface area (Å²) in [6.07, 6.45) is 6.76. The van der Waals surface area contributed by atoms with Gasteiger partial charge in [0.05, 0.1) is 12.6 Å². The first kappa shape index (κ1) is 17.7. The third-order valence-corrected chi connectivity index (χ3v) is 4.81. The van der Waals surface area contributed by atoms with Gasteiger partial charge < -0.3 is 24.6 Å². The maximum absolute atomic E-state index is 12.9. The molecule has 0 spiro atoms. The molecule has 0 aromatic carbocycles. The van der Waals surface area contributed by atoms with Crippen LogP contribution in [0.2, 0.25) is 0 Å². The molecule has 8 heteroatoms. The molecule has 3 heterocycles. The number of aromatic nitrogens is 2. The Hall–Kier alpha value is -2.09. The van der Waals surface area contributed by atoms with Gasteiger partial charge in [-0.3, -0.25) is 9.59 Å². The van der Waals surface area contributed by atoms with Gasteiger partial charge in [-0.05, 0) is 45.2 Å². The van der Waals surface area contributed by atoms with Gasteiger partial charge in [0.25, 0.3) is 5.91 Å². The number of nitrogens with zero attached hydrogens (tertiary/aromatic N) is 3. The van der Waals surface area contributed by atoms with E-state index in [0.29, 0.717) is 11.7 Å². The summed E-state index contributed by atoms with van der Waals surface area (Å²) < 4.78 is 7.41. The molecule has 1 amide bonds. The molecule has 0 bridgehead atoms. The zero-order valence-corrected chi connectivity index (χ0v) is 14.4. The average Bonchev–Trinajstić information content (AvgIpc) is 3.06. The Kier molecular flexibility index (Phi) is 5.91. The fourth-order valence-corrected chi connectivity index (χ4v) is 3.44. The van der Waals surface area contributed by atoms with Crippen molar-refractivity contribution >= 4 is 11.9 Å². The number of hydrogen-bond acceptors (Lipinski definition) is 5. The molecule has 1 aromatic rings. The van der Waals surface area contributed by atoms with Gasteiger partial charge in [0.15, 0.2) is 0 Å². The maximum Gasteiger partial charge on any atom is 0.306 e. The molecule has 0 radical (unpaired) electrons. The molecule has 2 N–H and O–H groups in total. The number of amides is 1. The summed E-state index contributed by atoms with van der Waals surface area (Å²) in [7, 11) is 0. The second-order valence-electron chi connectivity index (χ2n) is 6.64. The molecule has 2 saturated heterocycles. The van der Waals surface area contributed by atoms with Gasteiger partial charge in [0.1, 0.15) is 6.61 Å². The number of carboxylic acid groups (broad SMARTS) is 1. The first-order chi connectivity index (χ1) is 12.1. The summed E-state index contributed by atoms with van der Waals surface area (Å²) in [6, 6.07) is 0.217. The highest BCUT2D eigenvalue weighted by atomic mass is 16.5. The minimum atomic E-state index is -0.914. The zero-order chi connectivity index (χ0) is 17.6. The Morgan fingerprint density at radius 3 is 2.64 bits per heavy atom. The van der Waals surface area contributed by atoms with Crippen molar-refractivity contribution in [1.82, 2.24) is 19.8 Å². The topological polar surface area (TPSA) is 96.7 Å². The minimum absolute atomic E-state index is 0.0497. The molecular formula is C17H26N4O4. The Bertz CT molecular complexity index is 604. The first-order valence-electron chi connectivity index (χ1n) is 9.08.